The maximum Gasteiger partial charge on any atom is 0.292 e. The summed E-state index contributed by atoms with van der Waals surface area (Å²) in [6, 6.07) is 4.24. The van der Waals surface area contributed by atoms with Gasteiger partial charge in [0.25, 0.3) is 11.6 Å². The number of hydrogen-bond donors (Lipinski definition) is 2. The van der Waals surface area contributed by atoms with E-state index in [0.29, 0.717) is 5.56 Å². The first-order chi connectivity index (χ1) is 7.58. The smallest absolute Gasteiger partial charge is 0.292 e. The van der Waals surface area contributed by atoms with Crippen LogP contribution in [0.2, 0.25) is 0 Å². The minimum Gasteiger partial charge on any atom is -0.393 e. The van der Waals surface area contributed by atoms with E-state index >= 15 is 0 Å². The first-order valence-corrected chi connectivity index (χ1v) is 4.92. The molecule has 0 aliphatic heterocycles. The predicted molar refractivity (Wildman–Crippen MR) is 58.0 cm³/mol. The number of nitrogens with zero attached hydrogens (tertiary/aromatic N) is 1. The number of nitrogens with two attached hydrogens (primary N) is 1. The highest BCUT2D eigenvalue weighted by atomic mass is 16.6. The molecule has 1 aromatic rings. The summed E-state index contributed by atoms with van der Waals surface area (Å²) in [6.45, 7) is 0. The molecule has 0 atom stereocenters. The molecule has 0 bridgehead atoms. The van der Waals surface area contributed by atoms with E-state index in [0.717, 1.165) is 12.8 Å². The van der Waals surface area contributed by atoms with Crippen molar-refractivity contribution in [3.63, 3.8) is 0 Å². The number of benzene rings is 1. The number of nitro benzene ring substituents is 1. The lowest BCUT2D eigenvalue weighted by Gasteiger charge is -2.04. The molecule has 0 heterocycles. The topological polar surface area (TPSA) is 98.3 Å². The normalized spacial score (nSPS) is 14.5. The van der Waals surface area contributed by atoms with Crippen molar-refractivity contribution in [3.05, 3.63) is 33.9 Å². The minimum atomic E-state index is -0.572. The van der Waals surface area contributed by atoms with Gasteiger partial charge in [-0.2, -0.15) is 0 Å². The highest BCUT2D eigenvalue weighted by Crippen LogP contribution is 2.23. The van der Waals surface area contributed by atoms with Crippen molar-refractivity contribution in [2.75, 3.05) is 5.73 Å². The van der Waals surface area contributed by atoms with E-state index in [9.17, 15) is 14.9 Å². The van der Waals surface area contributed by atoms with Crippen molar-refractivity contribution in [2.45, 2.75) is 18.9 Å². The highest BCUT2D eigenvalue weighted by Gasteiger charge is 2.24. The van der Waals surface area contributed by atoms with Gasteiger partial charge in [0.1, 0.15) is 5.69 Å². The predicted octanol–water partition coefficient (Wildman–Crippen LogP) is 1.07. The first kappa shape index (κ1) is 10.4. The quantitative estimate of drug-likeness (QED) is 0.453. The third-order valence-electron chi connectivity index (χ3n) is 2.40. The zero-order valence-corrected chi connectivity index (χ0v) is 8.47. The summed E-state index contributed by atoms with van der Waals surface area (Å²) in [6.07, 6.45) is 1.99. The van der Waals surface area contributed by atoms with E-state index in [1.54, 1.807) is 0 Å². The van der Waals surface area contributed by atoms with Crippen molar-refractivity contribution in [3.8, 4) is 0 Å². The van der Waals surface area contributed by atoms with Crippen LogP contribution < -0.4 is 11.1 Å². The molecule has 0 radical (unpaired) electrons. The Labute approximate surface area is 91.6 Å². The monoisotopic (exact) mass is 221 g/mol. The van der Waals surface area contributed by atoms with Gasteiger partial charge in [0.15, 0.2) is 0 Å². The number of amides is 1. The van der Waals surface area contributed by atoms with Gasteiger partial charge >= 0.3 is 0 Å². The zero-order chi connectivity index (χ0) is 11.7. The summed E-state index contributed by atoms with van der Waals surface area (Å²) < 4.78 is 0. The van der Waals surface area contributed by atoms with Gasteiger partial charge in [-0.05, 0) is 25.0 Å². The van der Waals surface area contributed by atoms with Gasteiger partial charge in [-0.3, -0.25) is 14.9 Å². The fourth-order valence-corrected chi connectivity index (χ4v) is 1.36. The molecular weight excluding hydrogens is 210 g/mol. The number of rotatable bonds is 3. The fourth-order valence-electron chi connectivity index (χ4n) is 1.36. The molecule has 6 heteroatoms. The average molecular weight is 221 g/mol. The molecule has 1 aliphatic carbocycles. The molecule has 2 rings (SSSR count). The van der Waals surface area contributed by atoms with Crippen LogP contribution in [-0.4, -0.2) is 16.9 Å². The lowest BCUT2D eigenvalue weighted by Crippen LogP contribution is -2.25. The number of nitrogens with one attached hydrogen (secondary N) is 1. The van der Waals surface area contributed by atoms with E-state index < -0.39 is 4.92 Å². The third kappa shape index (κ3) is 2.10. The zero-order valence-electron chi connectivity index (χ0n) is 8.47. The van der Waals surface area contributed by atoms with Crippen molar-refractivity contribution >= 4 is 17.3 Å². The number of carbonyl (C=O) groups excluding carboxylic acids is 1. The SMILES string of the molecule is Nc1cc(C(=O)NC2CC2)ccc1[N+](=O)[O-]. The molecule has 0 spiro atoms. The standard InChI is InChI=1S/C10H11N3O3/c11-8-5-6(1-4-9(8)13(15)16)10(14)12-7-2-3-7/h1,4-5,7H,2-3,11H2,(H,12,14). The van der Waals surface area contributed by atoms with Crippen LogP contribution in [-0.2, 0) is 0 Å². The van der Waals surface area contributed by atoms with E-state index in [1.165, 1.54) is 18.2 Å². The molecule has 84 valence electrons. The number of hydrogen-bond acceptors (Lipinski definition) is 4. The number of nitro groups is 1. The Hall–Kier alpha value is -2.11. The Balaban J connectivity index is 2.19. The number of nitrogen functional groups attached to an aromatic ring is 1. The van der Waals surface area contributed by atoms with Gasteiger partial charge in [0, 0.05) is 17.7 Å². The highest BCUT2D eigenvalue weighted by molar-refractivity contribution is 5.96. The van der Waals surface area contributed by atoms with Crippen LogP contribution in [0.1, 0.15) is 23.2 Å². The molecule has 0 aromatic heterocycles. The summed E-state index contributed by atoms with van der Waals surface area (Å²) in [4.78, 5) is 21.5. The maximum absolute atomic E-state index is 11.6. The molecule has 1 aliphatic rings. The van der Waals surface area contributed by atoms with Crippen LogP contribution in [0.4, 0.5) is 11.4 Å². The summed E-state index contributed by atoms with van der Waals surface area (Å²) in [5.74, 6) is -0.232. The lowest BCUT2D eigenvalue weighted by atomic mass is 10.1. The molecule has 1 fully saturated rings. The van der Waals surface area contributed by atoms with Gasteiger partial charge in [0.05, 0.1) is 4.92 Å². The summed E-state index contributed by atoms with van der Waals surface area (Å²) in [5, 5.41) is 13.3. The van der Waals surface area contributed by atoms with Crippen molar-refractivity contribution in [2.24, 2.45) is 0 Å². The van der Waals surface area contributed by atoms with Gasteiger partial charge in [-0.15, -0.1) is 0 Å². The van der Waals surface area contributed by atoms with Crippen molar-refractivity contribution in [1.29, 1.82) is 0 Å². The van der Waals surface area contributed by atoms with Crippen LogP contribution in [0.25, 0.3) is 0 Å². The van der Waals surface area contributed by atoms with Crippen molar-refractivity contribution < 1.29 is 9.72 Å². The summed E-state index contributed by atoms with van der Waals surface area (Å²) in [5.41, 5.74) is 5.67. The van der Waals surface area contributed by atoms with Crippen molar-refractivity contribution in [1.82, 2.24) is 5.32 Å². The largest absolute Gasteiger partial charge is 0.393 e. The Morgan fingerprint density at radius 3 is 2.69 bits per heavy atom. The van der Waals surface area contributed by atoms with E-state index in [4.69, 9.17) is 5.73 Å². The van der Waals surface area contributed by atoms with Crippen LogP contribution in [0.15, 0.2) is 18.2 Å². The lowest BCUT2D eigenvalue weighted by molar-refractivity contribution is -0.383. The number of anilines is 1. The van der Waals surface area contributed by atoms with Crippen LogP contribution in [0.3, 0.4) is 0 Å². The molecule has 0 unspecified atom stereocenters. The van der Waals surface area contributed by atoms with E-state index in [2.05, 4.69) is 5.32 Å². The Morgan fingerprint density at radius 1 is 1.50 bits per heavy atom. The molecule has 6 nitrogen and oxygen atoms in total. The van der Waals surface area contributed by atoms with Gasteiger partial charge in [-0.25, -0.2) is 0 Å². The van der Waals surface area contributed by atoms with Crippen LogP contribution in [0, 0.1) is 10.1 Å². The Bertz CT molecular complexity index is 455. The molecule has 1 amide bonds. The first-order valence-electron chi connectivity index (χ1n) is 4.92. The van der Waals surface area contributed by atoms with Gasteiger partial charge < -0.3 is 11.1 Å². The number of carbonyl (C=O) groups is 1. The summed E-state index contributed by atoms with van der Waals surface area (Å²) in [7, 11) is 0. The molecule has 3 N–H and O–H groups in total. The molecule has 1 saturated carbocycles. The maximum atomic E-state index is 11.6. The molecule has 0 saturated heterocycles. The van der Waals surface area contributed by atoms with E-state index in [1.807, 2.05) is 0 Å². The molecule has 16 heavy (non-hydrogen) atoms. The van der Waals surface area contributed by atoms with Gasteiger partial charge in [-0.1, -0.05) is 0 Å². The van der Waals surface area contributed by atoms with Crippen LogP contribution >= 0.6 is 0 Å². The molecule has 1 aromatic carbocycles. The minimum absolute atomic E-state index is 0.00782. The Morgan fingerprint density at radius 2 is 2.19 bits per heavy atom. The average Bonchev–Trinajstić information content (AvgIpc) is 3.00. The fraction of sp³-hybridized carbons (Fsp3) is 0.300. The Kier molecular flexibility index (Phi) is 2.47. The third-order valence-corrected chi connectivity index (χ3v) is 2.40. The summed E-state index contributed by atoms with van der Waals surface area (Å²) >= 11 is 0. The van der Waals surface area contributed by atoms with Gasteiger partial charge in [0.2, 0.25) is 0 Å². The molecular formula is C10H11N3O3. The second-order valence-electron chi connectivity index (χ2n) is 3.78. The second kappa shape index (κ2) is 3.80. The second-order valence-corrected chi connectivity index (χ2v) is 3.78. The van der Waals surface area contributed by atoms with E-state index in [-0.39, 0.29) is 23.3 Å². The van der Waals surface area contributed by atoms with Crippen LogP contribution in [0.5, 0.6) is 0 Å².